The van der Waals surface area contributed by atoms with E-state index in [0.717, 1.165) is 0 Å². The molecule has 3 rings (SSSR count). The van der Waals surface area contributed by atoms with Gasteiger partial charge >= 0.3 is 6.09 Å². The Balaban J connectivity index is 1.48. The first-order valence-electron chi connectivity index (χ1n) is 6.08. The third kappa shape index (κ3) is 3.26. The summed E-state index contributed by atoms with van der Waals surface area (Å²) in [6.45, 7) is 0.850. The van der Waals surface area contributed by atoms with Crippen molar-refractivity contribution in [2.75, 3.05) is 6.54 Å². The van der Waals surface area contributed by atoms with E-state index in [2.05, 4.69) is 20.6 Å². The molecule has 0 unspecified atom stereocenters. The highest BCUT2D eigenvalue weighted by molar-refractivity contribution is 5.70. The lowest BCUT2D eigenvalue weighted by atomic mass is 10.3. The molecule has 0 radical (unpaired) electrons. The van der Waals surface area contributed by atoms with E-state index in [4.69, 9.17) is 13.7 Å². The average molecular weight is 289 g/mol. The van der Waals surface area contributed by atoms with Gasteiger partial charge in [-0.05, 0) is 11.2 Å². The van der Waals surface area contributed by atoms with E-state index in [0.29, 0.717) is 24.4 Å². The van der Waals surface area contributed by atoms with E-state index in [1.54, 1.807) is 17.1 Å². The number of hydrogen-bond acceptors (Lipinski definition) is 7. The topological polar surface area (TPSA) is 108 Å². The second-order valence-corrected chi connectivity index (χ2v) is 4.02. The summed E-state index contributed by atoms with van der Waals surface area (Å²) < 4.78 is 16.5. The normalized spacial score (nSPS) is 10.5. The van der Waals surface area contributed by atoms with Crippen molar-refractivity contribution in [3.05, 3.63) is 37.3 Å². The van der Waals surface area contributed by atoms with Gasteiger partial charge in [0.25, 0.3) is 5.88 Å². The van der Waals surface area contributed by atoms with Gasteiger partial charge in [0.1, 0.15) is 18.9 Å². The molecule has 3 aromatic heterocycles. The zero-order chi connectivity index (χ0) is 14.5. The fraction of sp³-hybridized carbons (Fsp3) is 0.167. The number of rotatable bonds is 5. The van der Waals surface area contributed by atoms with Gasteiger partial charge in [-0.25, -0.2) is 9.78 Å². The van der Waals surface area contributed by atoms with Gasteiger partial charge in [-0.15, -0.1) is 0 Å². The predicted molar refractivity (Wildman–Crippen MR) is 68.3 cm³/mol. The van der Waals surface area contributed by atoms with E-state index in [-0.39, 0.29) is 5.88 Å². The zero-order valence-corrected chi connectivity index (χ0v) is 10.8. The van der Waals surface area contributed by atoms with Crippen molar-refractivity contribution in [2.24, 2.45) is 0 Å². The molecule has 0 fully saturated rings. The molecule has 0 aliphatic carbocycles. The minimum atomic E-state index is -0.623. The molecule has 1 amide bonds. The minimum absolute atomic E-state index is 0.0736. The van der Waals surface area contributed by atoms with Gasteiger partial charge in [0, 0.05) is 6.54 Å². The van der Waals surface area contributed by atoms with Crippen molar-refractivity contribution in [3.8, 4) is 17.2 Å². The Labute approximate surface area is 118 Å². The molecule has 0 saturated carbocycles. The third-order valence-corrected chi connectivity index (χ3v) is 2.57. The van der Waals surface area contributed by atoms with Crippen LogP contribution in [0.25, 0.3) is 11.3 Å². The van der Waals surface area contributed by atoms with Crippen LogP contribution in [0.3, 0.4) is 0 Å². The zero-order valence-electron chi connectivity index (χ0n) is 10.8. The van der Waals surface area contributed by atoms with Crippen LogP contribution in [0.4, 0.5) is 4.79 Å². The number of furan rings is 1. The van der Waals surface area contributed by atoms with E-state index in [1.807, 2.05) is 0 Å². The van der Waals surface area contributed by atoms with E-state index in [1.165, 1.54) is 24.9 Å². The highest BCUT2D eigenvalue weighted by Gasteiger charge is 2.11. The second kappa shape index (κ2) is 5.90. The Hall–Kier alpha value is -3.10. The molecule has 0 spiro atoms. The summed E-state index contributed by atoms with van der Waals surface area (Å²) in [7, 11) is 0. The van der Waals surface area contributed by atoms with Crippen LogP contribution in [-0.2, 0) is 6.54 Å². The number of nitrogens with zero attached hydrogens (tertiary/aromatic N) is 4. The van der Waals surface area contributed by atoms with Gasteiger partial charge in [-0.3, -0.25) is 4.68 Å². The molecule has 3 aromatic rings. The number of aromatic nitrogens is 4. The average Bonchev–Trinajstić information content (AvgIpc) is 3.21. The molecule has 0 bridgehead atoms. The van der Waals surface area contributed by atoms with Gasteiger partial charge in [0.05, 0.1) is 24.4 Å². The fourth-order valence-corrected chi connectivity index (χ4v) is 1.60. The Morgan fingerprint density at radius 2 is 2.43 bits per heavy atom. The van der Waals surface area contributed by atoms with Crippen LogP contribution in [0.1, 0.15) is 0 Å². The van der Waals surface area contributed by atoms with Crippen molar-refractivity contribution >= 4 is 6.09 Å². The van der Waals surface area contributed by atoms with Gasteiger partial charge in [-0.2, -0.15) is 5.10 Å². The van der Waals surface area contributed by atoms with Crippen molar-refractivity contribution in [1.29, 1.82) is 0 Å². The summed E-state index contributed by atoms with van der Waals surface area (Å²) in [5.41, 5.74) is 0.712. The first-order chi connectivity index (χ1) is 10.3. The fourth-order valence-electron chi connectivity index (χ4n) is 1.60. The van der Waals surface area contributed by atoms with Crippen LogP contribution >= 0.6 is 0 Å². The molecule has 9 heteroatoms. The molecular formula is C12H11N5O4. The molecule has 0 atom stereocenters. The summed E-state index contributed by atoms with van der Waals surface area (Å²) in [6, 6.07) is 3.21. The standard InChI is InChI=1S/C12H11N5O4/c18-12(14-2-3-17-8-13-7-15-17)20-11-5-10(21-16-11)9-1-4-19-6-9/h1,4-8H,2-3H2,(H,14,18). The van der Waals surface area contributed by atoms with E-state index in [9.17, 15) is 4.79 Å². The minimum Gasteiger partial charge on any atom is -0.472 e. The van der Waals surface area contributed by atoms with Crippen molar-refractivity contribution < 1.29 is 18.5 Å². The van der Waals surface area contributed by atoms with Crippen LogP contribution in [0.5, 0.6) is 5.88 Å². The van der Waals surface area contributed by atoms with Crippen molar-refractivity contribution in [1.82, 2.24) is 25.2 Å². The monoisotopic (exact) mass is 289 g/mol. The molecule has 1 N–H and O–H groups in total. The lowest BCUT2D eigenvalue weighted by molar-refractivity contribution is 0.195. The number of carbonyl (C=O) groups excluding carboxylic acids is 1. The highest BCUT2D eigenvalue weighted by Crippen LogP contribution is 2.23. The third-order valence-electron chi connectivity index (χ3n) is 2.57. The SMILES string of the molecule is O=C(NCCn1cncn1)Oc1cc(-c2ccoc2)on1. The Morgan fingerprint density at radius 3 is 3.19 bits per heavy atom. The molecule has 0 aliphatic heterocycles. The maximum Gasteiger partial charge on any atom is 0.414 e. The first-order valence-corrected chi connectivity index (χ1v) is 6.08. The lowest BCUT2D eigenvalue weighted by Gasteiger charge is -2.03. The summed E-state index contributed by atoms with van der Waals surface area (Å²) in [5, 5.41) is 10.1. The maximum atomic E-state index is 11.6. The molecule has 0 aliphatic rings. The molecule has 0 saturated heterocycles. The molecule has 108 valence electrons. The Kier molecular flexibility index (Phi) is 3.63. The summed E-state index contributed by atoms with van der Waals surface area (Å²) in [6.07, 6.45) is 5.37. The van der Waals surface area contributed by atoms with Crippen LogP contribution in [0.15, 0.2) is 46.3 Å². The van der Waals surface area contributed by atoms with Crippen LogP contribution in [-0.4, -0.2) is 32.6 Å². The Morgan fingerprint density at radius 1 is 1.48 bits per heavy atom. The van der Waals surface area contributed by atoms with Gasteiger partial charge in [0.15, 0.2) is 5.76 Å². The Bertz CT molecular complexity index is 689. The number of amides is 1. The largest absolute Gasteiger partial charge is 0.472 e. The van der Waals surface area contributed by atoms with Gasteiger partial charge < -0.3 is 19.0 Å². The quantitative estimate of drug-likeness (QED) is 0.754. The van der Waals surface area contributed by atoms with E-state index < -0.39 is 6.09 Å². The van der Waals surface area contributed by atoms with Crippen LogP contribution in [0.2, 0.25) is 0 Å². The predicted octanol–water partition coefficient (Wildman–Crippen LogP) is 1.31. The number of nitrogens with one attached hydrogen (secondary N) is 1. The maximum absolute atomic E-state index is 11.6. The summed E-state index contributed by atoms with van der Waals surface area (Å²) in [4.78, 5) is 15.4. The molecule has 21 heavy (non-hydrogen) atoms. The number of hydrogen-bond donors (Lipinski definition) is 1. The summed E-state index contributed by atoms with van der Waals surface area (Å²) in [5.74, 6) is 0.527. The number of ether oxygens (including phenoxy) is 1. The highest BCUT2D eigenvalue weighted by atomic mass is 16.6. The van der Waals surface area contributed by atoms with Crippen LogP contribution < -0.4 is 10.1 Å². The van der Waals surface area contributed by atoms with Gasteiger partial charge in [-0.1, -0.05) is 0 Å². The smallest absolute Gasteiger partial charge is 0.414 e. The van der Waals surface area contributed by atoms with Crippen molar-refractivity contribution in [3.63, 3.8) is 0 Å². The molecule has 9 nitrogen and oxygen atoms in total. The number of carbonyl (C=O) groups is 1. The molecular weight excluding hydrogens is 278 g/mol. The first kappa shape index (κ1) is 12.9. The summed E-state index contributed by atoms with van der Waals surface area (Å²) >= 11 is 0. The van der Waals surface area contributed by atoms with Crippen LogP contribution in [0, 0.1) is 0 Å². The molecule has 3 heterocycles. The van der Waals surface area contributed by atoms with E-state index >= 15 is 0 Å². The van der Waals surface area contributed by atoms with Crippen molar-refractivity contribution in [2.45, 2.75) is 6.54 Å². The lowest BCUT2D eigenvalue weighted by Crippen LogP contribution is -2.30. The molecule has 0 aromatic carbocycles. The second-order valence-electron chi connectivity index (χ2n) is 4.02. The van der Waals surface area contributed by atoms with Gasteiger partial charge in [0.2, 0.25) is 0 Å².